The van der Waals surface area contributed by atoms with E-state index in [2.05, 4.69) is 44.9 Å². The highest BCUT2D eigenvalue weighted by Gasteiger charge is 2.14. The smallest absolute Gasteiger partial charge is 0.274 e. The van der Waals surface area contributed by atoms with Crippen molar-refractivity contribution in [2.75, 3.05) is 5.32 Å². The van der Waals surface area contributed by atoms with E-state index in [0.717, 1.165) is 5.56 Å². The summed E-state index contributed by atoms with van der Waals surface area (Å²) >= 11 is 12.1. The van der Waals surface area contributed by atoms with Gasteiger partial charge in [0.15, 0.2) is 5.82 Å². The summed E-state index contributed by atoms with van der Waals surface area (Å²) in [6.07, 6.45) is 1.82. The Morgan fingerprint density at radius 2 is 1.90 bits per heavy atom. The van der Waals surface area contributed by atoms with Gasteiger partial charge in [-0.3, -0.25) is 14.6 Å². The minimum Gasteiger partial charge on any atom is -0.304 e. The van der Waals surface area contributed by atoms with Crippen LogP contribution in [0, 0.1) is 6.92 Å². The van der Waals surface area contributed by atoms with Gasteiger partial charge < -0.3 is 5.32 Å². The summed E-state index contributed by atoms with van der Waals surface area (Å²) in [4.78, 5) is 12.5. The standard InChI is InChI=1S/C21H17Cl2N5O/c1-13-2-4-14(5-3-13)12-28-9-8-20(27-28)24-21(29)19-11-18(25-26-19)16-7-6-15(22)10-17(16)23/h2-11H,12H2,1H3,(H,25,26)(H,24,27,29). The quantitative estimate of drug-likeness (QED) is 0.461. The molecule has 4 rings (SSSR count). The largest absolute Gasteiger partial charge is 0.304 e. The molecule has 29 heavy (non-hydrogen) atoms. The van der Waals surface area contributed by atoms with E-state index in [1.54, 1.807) is 35.0 Å². The van der Waals surface area contributed by atoms with E-state index in [4.69, 9.17) is 23.2 Å². The highest BCUT2D eigenvalue weighted by Crippen LogP contribution is 2.29. The minimum atomic E-state index is -0.338. The average molecular weight is 426 g/mol. The molecule has 8 heteroatoms. The van der Waals surface area contributed by atoms with Crippen LogP contribution >= 0.6 is 23.2 Å². The van der Waals surface area contributed by atoms with Crippen molar-refractivity contribution in [1.82, 2.24) is 20.0 Å². The van der Waals surface area contributed by atoms with Crippen molar-refractivity contribution in [3.05, 3.63) is 87.7 Å². The molecule has 4 aromatic rings. The number of aromatic amines is 1. The number of H-pyrrole nitrogens is 1. The van der Waals surface area contributed by atoms with Crippen LogP contribution in [0.4, 0.5) is 5.82 Å². The van der Waals surface area contributed by atoms with Crippen molar-refractivity contribution >= 4 is 34.9 Å². The monoisotopic (exact) mass is 425 g/mol. The van der Waals surface area contributed by atoms with E-state index >= 15 is 0 Å². The molecule has 0 spiro atoms. The predicted octanol–water partition coefficient (Wildman–Crippen LogP) is 5.19. The lowest BCUT2D eigenvalue weighted by atomic mass is 10.1. The van der Waals surface area contributed by atoms with Gasteiger partial charge in [-0.2, -0.15) is 10.2 Å². The van der Waals surface area contributed by atoms with E-state index in [1.165, 1.54) is 5.56 Å². The molecule has 2 N–H and O–H groups in total. The van der Waals surface area contributed by atoms with Gasteiger partial charge in [-0.15, -0.1) is 0 Å². The Morgan fingerprint density at radius 3 is 2.66 bits per heavy atom. The highest BCUT2D eigenvalue weighted by atomic mass is 35.5. The van der Waals surface area contributed by atoms with E-state index in [0.29, 0.717) is 39.4 Å². The maximum atomic E-state index is 12.5. The molecule has 1 amide bonds. The summed E-state index contributed by atoms with van der Waals surface area (Å²) in [5.74, 6) is 0.122. The second kappa shape index (κ2) is 8.11. The summed E-state index contributed by atoms with van der Waals surface area (Å²) in [5, 5.41) is 15.1. The first-order valence-corrected chi connectivity index (χ1v) is 9.65. The van der Waals surface area contributed by atoms with Crippen LogP contribution in [0.1, 0.15) is 21.6 Å². The summed E-state index contributed by atoms with van der Waals surface area (Å²) in [6, 6.07) is 16.7. The summed E-state index contributed by atoms with van der Waals surface area (Å²) in [7, 11) is 0. The number of hydrogen-bond donors (Lipinski definition) is 2. The molecular formula is C21H17Cl2N5O. The van der Waals surface area contributed by atoms with Crippen LogP contribution in [-0.2, 0) is 6.54 Å². The molecule has 146 valence electrons. The second-order valence-corrected chi connectivity index (χ2v) is 7.47. The van der Waals surface area contributed by atoms with E-state index in [-0.39, 0.29) is 5.91 Å². The summed E-state index contributed by atoms with van der Waals surface area (Å²) in [5.41, 5.74) is 3.89. The Bertz CT molecular complexity index is 1160. The zero-order valence-electron chi connectivity index (χ0n) is 15.5. The first-order valence-electron chi connectivity index (χ1n) is 8.89. The van der Waals surface area contributed by atoms with E-state index in [1.807, 2.05) is 13.1 Å². The van der Waals surface area contributed by atoms with Crippen LogP contribution in [0.25, 0.3) is 11.3 Å². The van der Waals surface area contributed by atoms with E-state index < -0.39 is 0 Å². The molecule has 0 fully saturated rings. The lowest BCUT2D eigenvalue weighted by molar-refractivity contribution is 0.102. The molecular weight excluding hydrogens is 409 g/mol. The van der Waals surface area contributed by atoms with Crippen LogP contribution in [0.3, 0.4) is 0 Å². The first-order chi connectivity index (χ1) is 14.0. The molecule has 2 heterocycles. The van der Waals surface area contributed by atoms with Gasteiger partial charge in [-0.1, -0.05) is 53.0 Å². The molecule has 2 aromatic carbocycles. The van der Waals surface area contributed by atoms with Crippen molar-refractivity contribution < 1.29 is 4.79 Å². The van der Waals surface area contributed by atoms with Gasteiger partial charge in [0.1, 0.15) is 5.69 Å². The van der Waals surface area contributed by atoms with Gasteiger partial charge in [0.2, 0.25) is 0 Å². The fraction of sp³-hybridized carbons (Fsp3) is 0.0952. The van der Waals surface area contributed by atoms with Crippen molar-refractivity contribution in [2.24, 2.45) is 0 Å². The Morgan fingerprint density at radius 1 is 1.10 bits per heavy atom. The summed E-state index contributed by atoms with van der Waals surface area (Å²) < 4.78 is 1.77. The number of nitrogens with one attached hydrogen (secondary N) is 2. The molecule has 0 saturated carbocycles. The number of hydrogen-bond acceptors (Lipinski definition) is 3. The van der Waals surface area contributed by atoms with Crippen molar-refractivity contribution in [3.8, 4) is 11.3 Å². The molecule has 0 unspecified atom stereocenters. The maximum absolute atomic E-state index is 12.5. The molecule has 0 aliphatic heterocycles. The van der Waals surface area contributed by atoms with Crippen molar-refractivity contribution in [3.63, 3.8) is 0 Å². The van der Waals surface area contributed by atoms with Crippen LogP contribution in [0.2, 0.25) is 10.0 Å². The maximum Gasteiger partial charge on any atom is 0.274 e. The van der Waals surface area contributed by atoms with Gasteiger partial charge in [-0.25, -0.2) is 0 Å². The Labute approximate surface area is 177 Å². The molecule has 0 aliphatic carbocycles. The molecule has 2 aromatic heterocycles. The van der Waals surface area contributed by atoms with Gasteiger partial charge in [0.05, 0.1) is 17.3 Å². The van der Waals surface area contributed by atoms with Crippen LogP contribution in [0.15, 0.2) is 60.8 Å². The first kappa shape index (κ1) is 19.2. The number of nitrogens with zero attached hydrogens (tertiary/aromatic N) is 3. The van der Waals surface area contributed by atoms with Gasteiger partial charge in [0, 0.05) is 22.8 Å². The van der Waals surface area contributed by atoms with Crippen LogP contribution in [0.5, 0.6) is 0 Å². The molecule has 0 bridgehead atoms. The summed E-state index contributed by atoms with van der Waals surface area (Å²) in [6.45, 7) is 2.67. The number of benzene rings is 2. The van der Waals surface area contributed by atoms with E-state index in [9.17, 15) is 4.79 Å². The zero-order valence-corrected chi connectivity index (χ0v) is 17.0. The SMILES string of the molecule is Cc1ccc(Cn2ccc(NC(=O)c3cc(-c4ccc(Cl)cc4Cl)n[nH]3)n2)cc1. The number of aromatic nitrogens is 4. The van der Waals surface area contributed by atoms with Gasteiger partial charge in [-0.05, 0) is 36.8 Å². The predicted molar refractivity (Wildman–Crippen MR) is 115 cm³/mol. The molecule has 0 atom stereocenters. The number of rotatable bonds is 5. The highest BCUT2D eigenvalue weighted by molar-refractivity contribution is 6.36. The number of carbonyl (C=O) groups is 1. The third-order valence-corrected chi connectivity index (χ3v) is 4.92. The average Bonchev–Trinajstić information content (AvgIpc) is 3.33. The Kier molecular flexibility index (Phi) is 5.38. The zero-order chi connectivity index (χ0) is 20.4. The lowest BCUT2D eigenvalue weighted by Gasteiger charge is -2.03. The fourth-order valence-corrected chi connectivity index (χ4v) is 3.36. The molecule has 0 radical (unpaired) electrons. The molecule has 6 nitrogen and oxygen atoms in total. The third kappa shape index (κ3) is 4.50. The Hall–Kier alpha value is -3.09. The third-order valence-electron chi connectivity index (χ3n) is 4.38. The lowest BCUT2D eigenvalue weighted by Crippen LogP contribution is -2.13. The number of carbonyl (C=O) groups excluding carboxylic acids is 1. The van der Waals surface area contributed by atoms with Crippen molar-refractivity contribution in [2.45, 2.75) is 13.5 Å². The fourth-order valence-electron chi connectivity index (χ4n) is 2.85. The van der Waals surface area contributed by atoms with Gasteiger partial charge in [0.25, 0.3) is 5.91 Å². The number of amides is 1. The molecule has 0 saturated heterocycles. The van der Waals surface area contributed by atoms with Crippen LogP contribution < -0.4 is 5.32 Å². The normalized spacial score (nSPS) is 10.9. The van der Waals surface area contributed by atoms with Gasteiger partial charge >= 0.3 is 0 Å². The minimum absolute atomic E-state index is 0.305. The topological polar surface area (TPSA) is 75.6 Å². The second-order valence-electron chi connectivity index (χ2n) is 6.63. The number of halogens is 2. The van der Waals surface area contributed by atoms with Crippen LogP contribution in [-0.4, -0.2) is 25.9 Å². The molecule has 0 aliphatic rings. The number of anilines is 1. The number of aryl methyl sites for hydroxylation is 1. The van der Waals surface area contributed by atoms with Crippen molar-refractivity contribution in [1.29, 1.82) is 0 Å². The Balaban J connectivity index is 1.44.